The molecule has 0 fully saturated rings. The molecule has 1 heterocycles. The van der Waals surface area contributed by atoms with Gasteiger partial charge in [0, 0.05) is 24.4 Å². The van der Waals surface area contributed by atoms with Crippen LogP contribution in [0.2, 0.25) is 0 Å². The summed E-state index contributed by atoms with van der Waals surface area (Å²) < 4.78 is 5.72. The fraction of sp³-hybridized carbons (Fsp3) is 0.158. The summed E-state index contributed by atoms with van der Waals surface area (Å²) in [7, 11) is 0. The van der Waals surface area contributed by atoms with Crippen molar-refractivity contribution in [3.05, 3.63) is 70.5 Å². The van der Waals surface area contributed by atoms with Crippen molar-refractivity contribution in [3.8, 4) is 17.0 Å². The van der Waals surface area contributed by atoms with E-state index in [4.69, 9.17) is 4.74 Å². The molecule has 0 aliphatic rings. The average Bonchev–Trinajstić information content (AvgIpc) is 3.08. The number of hydrogen-bond donors (Lipinski definition) is 1. The first-order chi connectivity index (χ1) is 11.7. The van der Waals surface area contributed by atoms with Gasteiger partial charge in [-0.25, -0.2) is 4.98 Å². The third-order valence-corrected chi connectivity index (χ3v) is 4.27. The average molecular weight is 338 g/mol. The van der Waals surface area contributed by atoms with Crippen LogP contribution in [0.3, 0.4) is 0 Å². The zero-order valence-corrected chi connectivity index (χ0v) is 14.2. The predicted octanol–water partition coefficient (Wildman–Crippen LogP) is 4.03. The van der Waals surface area contributed by atoms with Crippen LogP contribution >= 0.6 is 11.3 Å². The molecule has 24 heavy (non-hydrogen) atoms. The largest absolute Gasteiger partial charge is 0.486 e. The van der Waals surface area contributed by atoms with Crippen LogP contribution < -0.4 is 10.1 Å². The van der Waals surface area contributed by atoms with Gasteiger partial charge in [0.25, 0.3) is 0 Å². The van der Waals surface area contributed by atoms with Gasteiger partial charge in [-0.05, 0) is 17.7 Å². The first-order valence-electron chi connectivity index (χ1n) is 7.67. The van der Waals surface area contributed by atoms with E-state index in [-0.39, 0.29) is 5.91 Å². The Bertz CT molecular complexity index is 798. The molecular weight excluding hydrogens is 320 g/mol. The van der Waals surface area contributed by atoms with E-state index < -0.39 is 0 Å². The Hall–Kier alpha value is -2.66. The summed E-state index contributed by atoms with van der Waals surface area (Å²) in [5.41, 5.74) is 3.07. The summed E-state index contributed by atoms with van der Waals surface area (Å²) in [6.07, 6.45) is 0. The molecule has 3 rings (SSSR count). The first-order valence-corrected chi connectivity index (χ1v) is 8.55. The minimum absolute atomic E-state index is 0.0263. The number of carbonyl (C=O) groups is 1. The lowest BCUT2D eigenvalue weighted by Gasteiger charge is -2.04. The molecule has 0 radical (unpaired) electrons. The SMILES string of the molecule is CC(=O)NCc1ccc(-c2csc(COc3ccccc3)n2)cc1. The Labute approximate surface area is 145 Å². The smallest absolute Gasteiger partial charge is 0.217 e. The Kier molecular flexibility index (Phi) is 5.23. The van der Waals surface area contributed by atoms with Crippen molar-refractivity contribution in [1.82, 2.24) is 10.3 Å². The number of amides is 1. The highest BCUT2D eigenvalue weighted by molar-refractivity contribution is 7.09. The van der Waals surface area contributed by atoms with Crippen LogP contribution in [0.25, 0.3) is 11.3 Å². The van der Waals surface area contributed by atoms with Gasteiger partial charge in [-0.1, -0.05) is 42.5 Å². The maximum atomic E-state index is 10.9. The Morgan fingerprint density at radius 3 is 2.58 bits per heavy atom. The minimum atomic E-state index is -0.0263. The van der Waals surface area contributed by atoms with Crippen molar-refractivity contribution < 1.29 is 9.53 Å². The fourth-order valence-electron chi connectivity index (χ4n) is 2.19. The van der Waals surface area contributed by atoms with Crippen LogP contribution in [-0.2, 0) is 17.9 Å². The van der Waals surface area contributed by atoms with E-state index in [1.54, 1.807) is 11.3 Å². The van der Waals surface area contributed by atoms with Crippen molar-refractivity contribution >= 4 is 17.2 Å². The van der Waals surface area contributed by atoms with Crippen molar-refractivity contribution in [2.45, 2.75) is 20.1 Å². The zero-order chi connectivity index (χ0) is 16.8. The van der Waals surface area contributed by atoms with Gasteiger partial charge in [0.15, 0.2) is 0 Å². The number of hydrogen-bond acceptors (Lipinski definition) is 4. The summed E-state index contributed by atoms with van der Waals surface area (Å²) in [5, 5.41) is 5.76. The first kappa shape index (κ1) is 16.2. The summed E-state index contributed by atoms with van der Waals surface area (Å²) in [6, 6.07) is 17.8. The molecule has 0 aliphatic heterocycles. The second-order valence-electron chi connectivity index (χ2n) is 5.33. The topological polar surface area (TPSA) is 51.2 Å². The Morgan fingerprint density at radius 2 is 1.88 bits per heavy atom. The number of carbonyl (C=O) groups excluding carboxylic acids is 1. The molecule has 0 spiro atoms. The van der Waals surface area contributed by atoms with Gasteiger partial charge in [0.1, 0.15) is 17.4 Å². The number of para-hydroxylation sites is 1. The Balaban J connectivity index is 1.61. The number of thiazole rings is 1. The molecule has 1 amide bonds. The fourth-order valence-corrected chi connectivity index (χ4v) is 2.91. The van der Waals surface area contributed by atoms with Gasteiger partial charge in [0.05, 0.1) is 5.69 Å². The number of nitrogens with zero attached hydrogens (tertiary/aromatic N) is 1. The molecule has 0 saturated carbocycles. The monoisotopic (exact) mass is 338 g/mol. The number of nitrogens with one attached hydrogen (secondary N) is 1. The highest BCUT2D eigenvalue weighted by atomic mass is 32.1. The third kappa shape index (κ3) is 4.43. The molecule has 3 aromatic rings. The van der Waals surface area contributed by atoms with Gasteiger partial charge < -0.3 is 10.1 Å². The van der Waals surface area contributed by atoms with Crippen LogP contribution in [0.5, 0.6) is 5.75 Å². The zero-order valence-electron chi connectivity index (χ0n) is 13.4. The molecule has 2 aromatic carbocycles. The molecule has 122 valence electrons. The van der Waals surface area contributed by atoms with E-state index in [9.17, 15) is 4.79 Å². The molecule has 0 unspecified atom stereocenters. The van der Waals surface area contributed by atoms with E-state index in [0.29, 0.717) is 13.2 Å². The predicted molar refractivity (Wildman–Crippen MR) is 95.8 cm³/mol. The highest BCUT2D eigenvalue weighted by Gasteiger charge is 2.06. The molecule has 0 saturated heterocycles. The second-order valence-corrected chi connectivity index (χ2v) is 6.28. The second kappa shape index (κ2) is 7.75. The molecule has 0 bridgehead atoms. The van der Waals surface area contributed by atoms with E-state index in [0.717, 1.165) is 27.6 Å². The van der Waals surface area contributed by atoms with Crippen LogP contribution in [0.1, 0.15) is 17.5 Å². The van der Waals surface area contributed by atoms with Crippen LogP contribution in [0, 0.1) is 0 Å². The number of rotatable bonds is 6. The molecule has 4 nitrogen and oxygen atoms in total. The van der Waals surface area contributed by atoms with Crippen molar-refractivity contribution in [1.29, 1.82) is 0 Å². The molecule has 0 aliphatic carbocycles. The minimum Gasteiger partial charge on any atom is -0.486 e. The van der Waals surface area contributed by atoms with Gasteiger partial charge in [-0.2, -0.15) is 0 Å². The van der Waals surface area contributed by atoms with Gasteiger partial charge in [0.2, 0.25) is 5.91 Å². The summed E-state index contributed by atoms with van der Waals surface area (Å²) in [6.45, 7) is 2.53. The van der Waals surface area contributed by atoms with Gasteiger partial charge >= 0.3 is 0 Å². The lowest BCUT2D eigenvalue weighted by molar-refractivity contribution is -0.119. The number of benzene rings is 2. The Morgan fingerprint density at radius 1 is 1.12 bits per heavy atom. The van der Waals surface area contributed by atoms with Crippen molar-refractivity contribution in [2.75, 3.05) is 0 Å². The van der Waals surface area contributed by atoms with E-state index in [1.165, 1.54) is 6.92 Å². The van der Waals surface area contributed by atoms with Crippen molar-refractivity contribution in [3.63, 3.8) is 0 Å². The van der Waals surface area contributed by atoms with Crippen LogP contribution in [0.4, 0.5) is 0 Å². The highest BCUT2D eigenvalue weighted by Crippen LogP contribution is 2.23. The lowest BCUT2D eigenvalue weighted by Crippen LogP contribution is -2.18. The van der Waals surface area contributed by atoms with Crippen LogP contribution in [0.15, 0.2) is 60.0 Å². The molecular formula is C19H18N2O2S. The quantitative estimate of drug-likeness (QED) is 0.738. The summed E-state index contributed by atoms with van der Waals surface area (Å²) in [5.74, 6) is 0.818. The number of aromatic nitrogens is 1. The number of ether oxygens (including phenoxy) is 1. The van der Waals surface area contributed by atoms with E-state index in [2.05, 4.69) is 10.3 Å². The van der Waals surface area contributed by atoms with E-state index >= 15 is 0 Å². The van der Waals surface area contributed by atoms with E-state index in [1.807, 2.05) is 60.0 Å². The molecule has 5 heteroatoms. The normalized spacial score (nSPS) is 10.4. The molecule has 1 N–H and O–H groups in total. The third-order valence-electron chi connectivity index (χ3n) is 3.45. The molecule has 1 aromatic heterocycles. The van der Waals surface area contributed by atoms with Gasteiger partial charge in [-0.15, -0.1) is 11.3 Å². The van der Waals surface area contributed by atoms with Crippen LogP contribution in [-0.4, -0.2) is 10.9 Å². The maximum absolute atomic E-state index is 10.9. The standard InChI is InChI=1S/C19H18N2O2S/c1-14(22)20-11-15-7-9-16(10-8-15)18-13-24-19(21-18)12-23-17-5-3-2-4-6-17/h2-10,13H,11-12H2,1H3,(H,20,22). The molecule has 0 atom stereocenters. The van der Waals surface area contributed by atoms with Gasteiger partial charge in [-0.3, -0.25) is 4.79 Å². The summed E-state index contributed by atoms with van der Waals surface area (Å²) >= 11 is 1.59. The van der Waals surface area contributed by atoms with Crippen molar-refractivity contribution in [2.24, 2.45) is 0 Å². The summed E-state index contributed by atoms with van der Waals surface area (Å²) in [4.78, 5) is 15.6. The maximum Gasteiger partial charge on any atom is 0.217 e. The lowest BCUT2D eigenvalue weighted by atomic mass is 10.1.